The van der Waals surface area contributed by atoms with Crippen LogP contribution in [0.1, 0.15) is 18.4 Å². The number of piperazine rings is 1. The first-order valence-corrected chi connectivity index (χ1v) is 6.51. The van der Waals surface area contributed by atoms with Crippen LogP contribution in [0.5, 0.6) is 0 Å². The van der Waals surface area contributed by atoms with E-state index in [-0.39, 0.29) is 11.8 Å². The molecule has 5 heteroatoms. The Hall–Kier alpha value is -1.88. The first-order chi connectivity index (χ1) is 9.16. The minimum atomic E-state index is -0.818. The van der Waals surface area contributed by atoms with E-state index in [0.717, 1.165) is 5.56 Å². The van der Waals surface area contributed by atoms with Crippen molar-refractivity contribution in [2.24, 2.45) is 0 Å². The molecule has 0 bridgehead atoms. The van der Waals surface area contributed by atoms with E-state index in [0.29, 0.717) is 19.3 Å². The van der Waals surface area contributed by atoms with Crippen LogP contribution in [0.15, 0.2) is 30.3 Å². The van der Waals surface area contributed by atoms with Crippen LogP contribution in [-0.2, 0) is 16.0 Å². The van der Waals surface area contributed by atoms with Gasteiger partial charge in [0.15, 0.2) is 0 Å². The largest absolute Gasteiger partial charge is 0.373 e. The summed E-state index contributed by atoms with van der Waals surface area (Å²) in [6.07, 6.45) is 0.654. The lowest BCUT2D eigenvalue weighted by Gasteiger charge is -2.36. The molecule has 1 aromatic carbocycles. The van der Waals surface area contributed by atoms with Gasteiger partial charge in [-0.15, -0.1) is 0 Å². The number of amides is 2. The molecule has 0 radical (unpaired) electrons. The van der Waals surface area contributed by atoms with E-state index in [4.69, 9.17) is 0 Å². The molecule has 2 amide bonds. The van der Waals surface area contributed by atoms with Gasteiger partial charge in [-0.2, -0.15) is 0 Å². The van der Waals surface area contributed by atoms with E-state index in [2.05, 4.69) is 5.32 Å². The minimum Gasteiger partial charge on any atom is -0.373 e. The van der Waals surface area contributed by atoms with Gasteiger partial charge in [0.25, 0.3) is 0 Å². The molecule has 0 aliphatic carbocycles. The molecule has 19 heavy (non-hydrogen) atoms. The topological polar surface area (TPSA) is 69.6 Å². The third kappa shape index (κ3) is 2.10. The lowest BCUT2D eigenvalue weighted by molar-refractivity contribution is -0.155. The number of hydrogen-bond acceptors (Lipinski definition) is 3. The van der Waals surface area contributed by atoms with Crippen molar-refractivity contribution >= 4 is 11.8 Å². The molecule has 2 fully saturated rings. The molecule has 0 aromatic heterocycles. The number of aliphatic hydroxyl groups is 1. The summed E-state index contributed by atoms with van der Waals surface area (Å²) in [5.41, 5.74) is 0.994. The number of hydrogen-bond donors (Lipinski definition) is 2. The number of nitrogens with zero attached hydrogens (tertiary/aromatic N) is 1. The summed E-state index contributed by atoms with van der Waals surface area (Å²) in [6, 6.07) is 8.49. The molecule has 100 valence electrons. The Labute approximate surface area is 111 Å². The fourth-order valence-electron chi connectivity index (χ4n) is 2.85. The van der Waals surface area contributed by atoms with Gasteiger partial charge >= 0.3 is 0 Å². The van der Waals surface area contributed by atoms with Crippen molar-refractivity contribution in [3.05, 3.63) is 35.9 Å². The summed E-state index contributed by atoms with van der Waals surface area (Å²) in [7, 11) is 0. The molecule has 3 atom stereocenters. The van der Waals surface area contributed by atoms with Crippen LogP contribution in [-0.4, -0.2) is 40.1 Å². The van der Waals surface area contributed by atoms with Gasteiger partial charge in [0.05, 0.1) is 0 Å². The average Bonchev–Trinajstić information content (AvgIpc) is 2.80. The standard InChI is InChI=1S/C14H16N2O3/c17-12-7-6-11-13(18)15-10(14(19)16(11)12)8-9-4-2-1-3-5-9/h1-5,10-12,17H,6-8H2,(H,15,18). The molecule has 3 unspecified atom stereocenters. The number of nitrogens with one attached hydrogen (secondary N) is 1. The lowest BCUT2D eigenvalue weighted by Crippen LogP contribution is -2.63. The van der Waals surface area contributed by atoms with Crippen molar-refractivity contribution in [1.29, 1.82) is 0 Å². The van der Waals surface area contributed by atoms with Crippen LogP contribution < -0.4 is 5.32 Å². The fourth-order valence-corrected chi connectivity index (χ4v) is 2.85. The Balaban J connectivity index is 1.80. The van der Waals surface area contributed by atoms with Crippen LogP contribution in [0.4, 0.5) is 0 Å². The van der Waals surface area contributed by atoms with E-state index in [1.165, 1.54) is 4.90 Å². The van der Waals surface area contributed by atoms with Gasteiger partial charge in [-0.3, -0.25) is 9.59 Å². The van der Waals surface area contributed by atoms with E-state index in [1.807, 2.05) is 30.3 Å². The van der Waals surface area contributed by atoms with E-state index >= 15 is 0 Å². The SMILES string of the molecule is O=C1NC(Cc2ccccc2)C(=O)N2C(O)CCC12. The summed E-state index contributed by atoms with van der Waals surface area (Å²) < 4.78 is 0. The number of fused-ring (bicyclic) bond motifs is 1. The maximum absolute atomic E-state index is 12.3. The third-order valence-electron chi connectivity index (χ3n) is 3.81. The quantitative estimate of drug-likeness (QED) is 0.788. The maximum atomic E-state index is 12.3. The molecule has 2 aliphatic rings. The second-order valence-corrected chi connectivity index (χ2v) is 5.07. The highest BCUT2D eigenvalue weighted by molar-refractivity contribution is 5.97. The molecule has 2 aliphatic heterocycles. The minimum absolute atomic E-state index is 0.155. The molecular weight excluding hydrogens is 244 g/mol. The first-order valence-electron chi connectivity index (χ1n) is 6.51. The molecule has 2 saturated heterocycles. The maximum Gasteiger partial charge on any atom is 0.248 e. The number of benzene rings is 1. The molecule has 0 spiro atoms. The van der Waals surface area contributed by atoms with Gasteiger partial charge in [-0.25, -0.2) is 0 Å². The van der Waals surface area contributed by atoms with E-state index in [1.54, 1.807) is 0 Å². The summed E-state index contributed by atoms with van der Waals surface area (Å²) in [6.45, 7) is 0. The highest BCUT2D eigenvalue weighted by atomic mass is 16.3. The number of aliphatic hydroxyl groups excluding tert-OH is 1. The second kappa shape index (κ2) is 4.66. The second-order valence-electron chi connectivity index (χ2n) is 5.07. The third-order valence-corrected chi connectivity index (χ3v) is 3.81. The van der Waals surface area contributed by atoms with Crippen LogP contribution >= 0.6 is 0 Å². The normalized spacial score (nSPS) is 30.2. The highest BCUT2D eigenvalue weighted by Gasteiger charge is 2.46. The first kappa shape index (κ1) is 12.2. The molecular formula is C14H16N2O3. The summed E-state index contributed by atoms with van der Waals surface area (Å²) in [4.78, 5) is 25.6. The fraction of sp³-hybridized carbons (Fsp3) is 0.429. The number of carbonyl (C=O) groups is 2. The van der Waals surface area contributed by atoms with Crippen molar-refractivity contribution in [2.45, 2.75) is 37.6 Å². The zero-order valence-corrected chi connectivity index (χ0v) is 10.5. The number of carbonyl (C=O) groups excluding carboxylic acids is 2. The van der Waals surface area contributed by atoms with Crippen molar-refractivity contribution in [3.8, 4) is 0 Å². The molecule has 5 nitrogen and oxygen atoms in total. The van der Waals surface area contributed by atoms with Gasteiger partial charge < -0.3 is 15.3 Å². The number of rotatable bonds is 2. The molecule has 3 rings (SSSR count). The van der Waals surface area contributed by atoms with Crippen LogP contribution in [0, 0.1) is 0 Å². The van der Waals surface area contributed by atoms with Gasteiger partial charge in [0, 0.05) is 6.42 Å². The molecule has 2 N–H and O–H groups in total. The summed E-state index contributed by atoms with van der Waals surface area (Å²) >= 11 is 0. The van der Waals surface area contributed by atoms with E-state index in [9.17, 15) is 14.7 Å². The van der Waals surface area contributed by atoms with Gasteiger partial charge in [-0.1, -0.05) is 30.3 Å². The van der Waals surface area contributed by atoms with Gasteiger partial charge in [0.1, 0.15) is 18.3 Å². The Kier molecular flexibility index (Phi) is 2.98. The molecule has 0 saturated carbocycles. The Morgan fingerprint density at radius 3 is 2.68 bits per heavy atom. The molecule has 2 heterocycles. The summed E-state index contributed by atoms with van der Waals surface area (Å²) in [5.74, 6) is -0.337. The predicted molar refractivity (Wildman–Crippen MR) is 68.0 cm³/mol. The van der Waals surface area contributed by atoms with Crippen LogP contribution in [0.2, 0.25) is 0 Å². The highest BCUT2D eigenvalue weighted by Crippen LogP contribution is 2.27. The Morgan fingerprint density at radius 1 is 1.21 bits per heavy atom. The average molecular weight is 260 g/mol. The van der Waals surface area contributed by atoms with Crippen LogP contribution in [0.25, 0.3) is 0 Å². The smallest absolute Gasteiger partial charge is 0.248 e. The Morgan fingerprint density at radius 2 is 1.95 bits per heavy atom. The van der Waals surface area contributed by atoms with Crippen molar-refractivity contribution < 1.29 is 14.7 Å². The predicted octanol–water partition coefficient (Wildman–Crippen LogP) is 0.0369. The summed E-state index contributed by atoms with van der Waals surface area (Å²) in [5, 5.41) is 12.6. The zero-order chi connectivity index (χ0) is 13.4. The van der Waals surface area contributed by atoms with Crippen LogP contribution in [0.3, 0.4) is 0 Å². The van der Waals surface area contributed by atoms with Gasteiger partial charge in [0.2, 0.25) is 11.8 Å². The Bertz CT molecular complexity index is 503. The molecule has 1 aromatic rings. The van der Waals surface area contributed by atoms with E-state index < -0.39 is 18.3 Å². The van der Waals surface area contributed by atoms with Crippen molar-refractivity contribution in [1.82, 2.24) is 10.2 Å². The zero-order valence-electron chi connectivity index (χ0n) is 10.5. The van der Waals surface area contributed by atoms with Crippen molar-refractivity contribution in [3.63, 3.8) is 0 Å². The lowest BCUT2D eigenvalue weighted by atomic mass is 10.0. The van der Waals surface area contributed by atoms with Crippen molar-refractivity contribution in [2.75, 3.05) is 0 Å². The van der Waals surface area contributed by atoms with Gasteiger partial charge in [-0.05, 0) is 18.4 Å². The monoisotopic (exact) mass is 260 g/mol.